The molecule has 3 rings (SSSR count). The summed E-state index contributed by atoms with van der Waals surface area (Å²) in [6.45, 7) is 2.67. The average Bonchev–Trinajstić information content (AvgIpc) is 2.78. The van der Waals surface area contributed by atoms with E-state index in [0.29, 0.717) is 23.7 Å². The zero-order valence-corrected chi connectivity index (χ0v) is 18.8. The van der Waals surface area contributed by atoms with Crippen LogP contribution in [-0.4, -0.2) is 69.8 Å². The quantitative estimate of drug-likeness (QED) is 0.596. The van der Waals surface area contributed by atoms with Gasteiger partial charge in [0.1, 0.15) is 5.75 Å². The highest BCUT2D eigenvalue weighted by atomic mass is 32.2. The Bertz CT molecular complexity index is 1080. The molecule has 0 unspecified atom stereocenters. The third-order valence-corrected chi connectivity index (χ3v) is 6.84. The van der Waals surface area contributed by atoms with E-state index in [1.54, 1.807) is 18.2 Å². The number of piperazine rings is 1. The fraction of sp³-hybridized carbons (Fsp3) is 0.381. The van der Waals surface area contributed by atoms with E-state index >= 15 is 0 Å². The monoisotopic (exact) mass is 488 g/mol. The summed E-state index contributed by atoms with van der Waals surface area (Å²) in [7, 11) is -2.47. The summed E-state index contributed by atoms with van der Waals surface area (Å²) in [5.74, 6) is 0.144. The largest absolute Gasteiger partial charge is 0.573 e. The first kappa shape index (κ1) is 24.6. The van der Waals surface area contributed by atoms with Crippen LogP contribution in [0.25, 0.3) is 0 Å². The van der Waals surface area contributed by atoms with E-state index < -0.39 is 22.1 Å². The van der Waals surface area contributed by atoms with Gasteiger partial charge < -0.3 is 19.1 Å². The van der Waals surface area contributed by atoms with Crippen LogP contribution in [-0.2, 0) is 10.0 Å². The standard InChI is InChI=1S/C21H23F3N2O6S/c1-3-31-18-9-4-15(14-19(18)30-2)20(27)25-10-12-26(13-11-25)33(28,29)17-7-5-16(6-8-17)32-21(22,23)24/h4-9,14H,3,10-13H2,1-2H3. The van der Waals surface area contributed by atoms with Crippen LogP contribution in [0, 0.1) is 0 Å². The summed E-state index contributed by atoms with van der Waals surface area (Å²) >= 11 is 0. The molecule has 0 atom stereocenters. The maximum atomic E-state index is 12.9. The predicted octanol–water partition coefficient (Wildman–Crippen LogP) is 3.14. The Balaban J connectivity index is 1.66. The predicted molar refractivity (Wildman–Crippen MR) is 112 cm³/mol. The number of ether oxygens (including phenoxy) is 3. The maximum Gasteiger partial charge on any atom is 0.573 e. The second-order valence-electron chi connectivity index (χ2n) is 7.01. The van der Waals surface area contributed by atoms with E-state index in [1.807, 2.05) is 6.92 Å². The molecule has 0 saturated carbocycles. The Morgan fingerprint density at radius 3 is 2.18 bits per heavy atom. The van der Waals surface area contributed by atoms with E-state index in [0.717, 1.165) is 24.3 Å². The molecule has 1 aliphatic rings. The van der Waals surface area contributed by atoms with Crippen LogP contribution in [0.5, 0.6) is 17.2 Å². The molecule has 1 saturated heterocycles. The topological polar surface area (TPSA) is 85.4 Å². The number of rotatable bonds is 7. The van der Waals surface area contributed by atoms with Gasteiger partial charge >= 0.3 is 6.36 Å². The SMILES string of the molecule is CCOc1ccc(C(=O)N2CCN(S(=O)(=O)c3ccc(OC(F)(F)F)cc3)CC2)cc1OC. The molecular formula is C21H23F3N2O6S. The highest BCUT2D eigenvalue weighted by molar-refractivity contribution is 7.89. The second-order valence-corrected chi connectivity index (χ2v) is 8.95. The molecule has 0 aliphatic carbocycles. The van der Waals surface area contributed by atoms with Crippen molar-refractivity contribution in [2.45, 2.75) is 18.2 Å². The lowest BCUT2D eigenvalue weighted by Crippen LogP contribution is -2.50. The Labute approximate surface area is 189 Å². The summed E-state index contributed by atoms with van der Waals surface area (Å²) in [6, 6.07) is 8.83. The van der Waals surface area contributed by atoms with Crippen LogP contribution in [0.15, 0.2) is 47.4 Å². The molecule has 1 heterocycles. The average molecular weight is 488 g/mol. The summed E-state index contributed by atoms with van der Waals surface area (Å²) in [6.07, 6.45) is -4.86. The van der Waals surface area contributed by atoms with E-state index in [2.05, 4.69) is 4.74 Å². The lowest BCUT2D eigenvalue weighted by atomic mass is 10.1. The van der Waals surface area contributed by atoms with Crippen molar-refractivity contribution in [2.75, 3.05) is 39.9 Å². The van der Waals surface area contributed by atoms with Crippen molar-refractivity contribution in [3.63, 3.8) is 0 Å². The Morgan fingerprint density at radius 1 is 1.00 bits per heavy atom. The van der Waals surface area contributed by atoms with Gasteiger partial charge in [0.15, 0.2) is 11.5 Å². The van der Waals surface area contributed by atoms with Crippen molar-refractivity contribution in [2.24, 2.45) is 0 Å². The van der Waals surface area contributed by atoms with E-state index in [9.17, 15) is 26.4 Å². The summed E-state index contributed by atoms with van der Waals surface area (Å²) in [5, 5.41) is 0. The number of sulfonamides is 1. The van der Waals surface area contributed by atoms with Crippen molar-refractivity contribution in [3.8, 4) is 17.2 Å². The van der Waals surface area contributed by atoms with Crippen molar-refractivity contribution in [3.05, 3.63) is 48.0 Å². The molecule has 0 bridgehead atoms. The van der Waals surface area contributed by atoms with Gasteiger partial charge in [0, 0.05) is 31.7 Å². The third-order valence-electron chi connectivity index (χ3n) is 4.93. The minimum absolute atomic E-state index is 0.0447. The third kappa shape index (κ3) is 5.88. The molecule has 2 aromatic rings. The molecular weight excluding hydrogens is 465 g/mol. The number of carbonyl (C=O) groups is 1. The molecule has 0 aromatic heterocycles. The van der Waals surface area contributed by atoms with Crippen LogP contribution in [0.1, 0.15) is 17.3 Å². The smallest absolute Gasteiger partial charge is 0.493 e. The molecule has 1 fully saturated rings. The molecule has 0 radical (unpaired) electrons. The number of benzene rings is 2. The zero-order valence-electron chi connectivity index (χ0n) is 18.0. The summed E-state index contributed by atoms with van der Waals surface area (Å²) in [5.41, 5.74) is 0.381. The van der Waals surface area contributed by atoms with Crippen LogP contribution in [0.2, 0.25) is 0 Å². The number of nitrogens with zero attached hydrogens (tertiary/aromatic N) is 2. The van der Waals surface area contributed by atoms with Gasteiger partial charge in [0.2, 0.25) is 10.0 Å². The van der Waals surface area contributed by atoms with Crippen molar-refractivity contribution in [1.82, 2.24) is 9.21 Å². The Morgan fingerprint density at radius 2 is 1.64 bits per heavy atom. The van der Waals surface area contributed by atoms with Gasteiger partial charge in [-0.05, 0) is 49.4 Å². The van der Waals surface area contributed by atoms with E-state index in [1.165, 1.54) is 16.3 Å². The van der Waals surface area contributed by atoms with Crippen molar-refractivity contribution in [1.29, 1.82) is 0 Å². The molecule has 0 N–H and O–H groups in total. The lowest BCUT2D eigenvalue weighted by molar-refractivity contribution is -0.274. The van der Waals surface area contributed by atoms with Gasteiger partial charge in [-0.1, -0.05) is 0 Å². The minimum Gasteiger partial charge on any atom is -0.493 e. The highest BCUT2D eigenvalue weighted by Gasteiger charge is 2.33. The molecule has 0 spiro atoms. The number of hydrogen-bond acceptors (Lipinski definition) is 6. The van der Waals surface area contributed by atoms with Gasteiger partial charge in [-0.3, -0.25) is 4.79 Å². The summed E-state index contributed by atoms with van der Waals surface area (Å²) < 4.78 is 78.2. The first-order valence-corrected chi connectivity index (χ1v) is 11.4. The van der Waals surface area contributed by atoms with Crippen molar-refractivity contribution < 1.29 is 40.6 Å². The first-order chi connectivity index (χ1) is 15.5. The van der Waals surface area contributed by atoms with Gasteiger partial charge in [-0.25, -0.2) is 8.42 Å². The van der Waals surface area contributed by atoms with Crippen LogP contribution in [0.3, 0.4) is 0 Å². The van der Waals surface area contributed by atoms with Crippen molar-refractivity contribution >= 4 is 15.9 Å². The maximum absolute atomic E-state index is 12.9. The van der Waals surface area contributed by atoms with Crippen LogP contribution in [0.4, 0.5) is 13.2 Å². The molecule has 8 nitrogen and oxygen atoms in total. The summed E-state index contributed by atoms with van der Waals surface area (Å²) in [4.78, 5) is 14.2. The number of carbonyl (C=O) groups excluding carboxylic acids is 1. The second kappa shape index (κ2) is 9.87. The van der Waals surface area contributed by atoms with Gasteiger partial charge in [-0.15, -0.1) is 13.2 Å². The molecule has 2 aromatic carbocycles. The number of halogens is 3. The lowest BCUT2D eigenvalue weighted by Gasteiger charge is -2.34. The molecule has 1 aliphatic heterocycles. The Hall–Kier alpha value is -2.99. The highest BCUT2D eigenvalue weighted by Crippen LogP contribution is 2.29. The number of methoxy groups -OCH3 is 1. The van der Waals surface area contributed by atoms with Crippen LogP contribution < -0.4 is 14.2 Å². The van der Waals surface area contributed by atoms with Gasteiger partial charge in [0.05, 0.1) is 18.6 Å². The van der Waals surface area contributed by atoms with E-state index in [-0.39, 0.29) is 37.0 Å². The fourth-order valence-electron chi connectivity index (χ4n) is 3.35. The zero-order chi connectivity index (χ0) is 24.2. The molecule has 1 amide bonds. The Kier molecular flexibility index (Phi) is 7.38. The normalized spacial score (nSPS) is 15.2. The molecule has 12 heteroatoms. The van der Waals surface area contributed by atoms with E-state index in [4.69, 9.17) is 9.47 Å². The molecule has 33 heavy (non-hydrogen) atoms. The van der Waals surface area contributed by atoms with Gasteiger partial charge in [-0.2, -0.15) is 4.31 Å². The first-order valence-electron chi connectivity index (χ1n) is 10.0. The molecule has 180 valence electrons. The fourth-order valence-corrected chi connectivity index (χ4v) is 4.77. The van der Waals surface area contributed by atoms with Gasteiger partial charge in [0.25, 0.3) is 5.91 Å². The number of amides is 1. The number of alkyl halides is 3. The minimum atomic E-state index is -4.86. The van der Waals surface area contributed by atoms with Crippen LogP contribution >= 0.6 is 0 Å². The number of hydrogen-bond donors (Lipinski definition) is 0.